The van der Waals surface area contributed by atoms with Crippen molar-refractivity contribution in [1.29, 1.82) is 0 Å². The summed E-state index contributed by atoms with van der Waals surface area (Å²) in [6.07, 6.45) is -4.20. The van der Waals surface area contributed by atoms with Crippen LogP contribution in [0.5, 0.6) is 0 Å². The van der Waals surface area contributed by atoms with Gasteiger partial charge >= 0.3 is 18.2 Å². The number of aliphatic carboxylic acids is 1. The van der Waals surface area contributed by atoms with E-state index in [2.05, 4.69) is 10.5 Å². The van der Waals surface area contributed by atoms with Gasteiger partial charge in [0.2, 0.25) is 0 Å². The van der Waals surface area contributed by atoms with Crippen molar-refractivity contribution in [3.63, 3.8) is 0 Å². The van der Waals surface area contributed by atoms with Crippen LogP contribution in [0.25, 0.3) is 0 Å². The van der Waals surface area contributed by atoms with Gasteiger partial charge < -0.3 is 19.8 Å². The zero-order valence-corrected chi connectivity index (χ0v) is 14.1. The molecule has 2 N–H and O–H groups in total. The fourth-order valence-corrected chi connectivity index (χ4v) is 3.16. The minimum absolute atomic E-state index is 0.480. The zero-order chi connectivity index (χ0) is 18.9. The van der Waals surface area contributed by atoms with Crippen LogP contribution in [-0.4, -0.2) is 46.4 Å². The van der Waals surface area contributed by atoms with Crippen LogP contribution in [-0.2, 0) is 4.79 Å². The van der Waals surface area contributed by atoms with E-state index in [0.29, 0.717) is 23.4 Å². The molecule has 0 spiro atoms. The summed E-state index contributed by atoms with van der Waals surface area (Å²) in [6, 6.07) is -1.21. The summed E-state index contributed by atoms with van der Waals surface area (Å²) in [5, 5.41) is 15.5. The molecule has 0 bridgehead atoms. The van der Waals surface area contributed by atoms with E-state index in [9.17, 15) is 22.8 Å². The Bertz CT molecular complexity index is 639. The van der Waals surface area contributed by atoms with Crippen molar-refractivity contribution in [3.8, 4) is 0 Å². The summed E-state index contributed by atoms with van der Waals surface area (Å²) >= 11 is 0. The Hall–Kier alpha value is -2.26. The number of likely N-dealkylation sites (tertiary alicyclic amines) is 1. The number of carboxylic acid groups (broad SMARTS) is 1. The maximum Gasteiger partial charge on any atom is 0.394 e. The van der Waals surface area contributed by atoms with Crippen molar-refractivity contribution in [2.45, 2.75) is 39.4 Å². The van der Waals surface area contributed by atoms with E-state index in [1.165, 1.54) is 0 Å². The molecule has 3 atom stereocenters. The third-order valence-corrected chi connectivity index (χ3v) is 4.49. The molecule has 0 radical (unpaired) electrons. The Labute approximate surface area is 142 Å². The second kappa shape index (κ2) is 6.93. The first-order valence-corrected chi connectivity index (χ1v) is 7.84. The van der Waals surface area contributed by atoms with Crippen LogP contribution in [0, 0.1) is 25.7 Å². The molecule has 140 valence electrons. The molecule has 2 amide bonds. The Morgan fingerprint density at radius 1 is 1.40 bits per heavy atom. The predicted octanol–water partition coefficient (Wildman–Crippen LogP) is 2.65. The standard InChI is InChI=1S/C15H20F3N3O4/c1-4-11(12-7(2)20-25-8(12)3)19-14(24)21-5-9(13(22)23)10(6-21)15(16,17)18/h9-11H,4-6H2,1-3H3,(H,19,24)(H,22,23)/t9-,10-,11?/m1/s1. The highest BCUT2D eigenvalue weighted by molar-refractivity contribution is 5.78. The molecule has 25 heavy (non-hydrogen) atoms. The average molecular weight is 363 g/mol. The predicted molar refractivity (Wildman–Crippen MR) is 79.8 cm³/mol. The number of carbonyl (C=O) groups excluding carboxylic acids is 1. The molecule has 1 saturated heterocycles. The topological polar surface area (TPSA) is 95.7 Å². The van der Waals surface area contributed by atoms with Crippen molar-refractivity contribution < 1.29 is 32.4 Å². The van der Waals surface area contributed by atoms with Gasteiger partial charge in [0.25, 0.3) is 0 Å². The highest BCUT2D eigenvalue weighted by atomic mass is 19.4. The number of aromatic nitrogens is 1. The van der Waals surface area contributed by atoms with Gasteiger partial charge in [-0.15, -0.1) is 0 Å². The van der Waals surface area contributed by atoms with Crippen LogP contribution in [0.3, 0.4) is 0 Å². The lowest BCUT2D eigenvalue weighted by atomic mass is 9.96. The maximum atomic E-state index is 13.0. The molecule has 0 aliphatic carbocycles. The summed E-state index contributed by atoms with van der Waals surface area (Å²) in [6.45, 7) is 4.03. The maximum absolute atomic E-state index is 13.0. The number of hydrogen-bond donors (Lipinski definition) is 2. The highest BCUT2D eigenvalue weighted by Crippen LogP contribution is 2.38. The third kappa shape index (κ3) is 3.88. The lowest BCUT2D eigenvalue weighted by Crippen LogP contribution is -2.41. The minimum atomic E-state index is -4.68. The van der Waals surface area contributed by atoms with Crippen LogP contribution in [0.4, 0.5) is 18.0 Å². The molecule has 1 aromatic heterocycles. The number of carbonyl (C=O) groups is 2. The van der Waals surface area contributed by atoms with E-state index in [4.69, 9.17) is 9.63 Å². The lowest BCUT2D eigenvalue weighted by molar-refractivity contribution is -0.187. The van der Waals surface area contributed by atoms with E-state index in [0.717, 1.165) is 4.90 Å². The van der Waals surface area contributed by atoms with Crippen LogP contribution >= 0.6 is 0 Å². The number of nitrogens with zero attached hydrogens (tertiary/aromatic N) is 2. The average Bonchev–Trinajstić information content (AvgIpc) is 3.09. The van der Waals surface area contributed by atoms with Gasteiger partial charge in [-0.1, -0.05) is 12.1 Å². The number of urea groups is 1. The van der Waals surface area contributed by atoms with Gasteiger partial charge in [0.15, 0.2) is 0 Å². The van der Waals surface area contributed by atoms with Crippen molar-refractivity contribution >= 4 is 12.0 Å². The minimum Gasteiger partial charge on any atom is -0.481 e. The quantitative estimate of drug-likeness (QED) is 0.857. The number of halogens is 3. The third-order valence-electron chi connectivity index (χ3n) is 4.49. The Morgan fingerprint density at radius 3 is 2.44 bits per heavy atom. The van der Waals surface area contributed by atoms with E-state index < -0.39 is 49.1 Å². The molecule has 1 fully saturated rings. The van der Waals surface area contributed by atoms with Gasteiger partial charge in [-0.25, -0.2) is 4.79 Å². The Balaban J connectivity index is 2.14. The summed E-state index contributed by atoms with van der Waals surface area (Å²) in [5.74, 6) is -4.78. The fraction of sp³-hybridized carbons (Fsp3) is 0.667. The van der Waals surface area contributed by atoms with Gasteiger partial charge in [0.05, 0.1) is 23.6 Å². The smallest absolute Gasteiger partial charge is 0.394 e. The first kappa shape index (κ1) is 19.1. The largest absolute Gasteiger partial charge is 0.481 e. The summed E-state index contributed by atoms with van der Waals surface area (Å²) in [5.41, 5.74) is 1.26. The monoisotopic (exact) mass is 363 g/mol. The van der Waals surface area contributed by atoms with E-state index >= 15 is 0 Å². The van der Waals surface area contributed by atoms with Crippen molar-refractivity contribution in [2.24, 2.45) is 11.8 Å². The van der Waals surface area contributed by atoms with E-state index in [-0.39, 0.29) is 0 Å². The van der Waals surface area contributed by atoms with Crippen LogP contribution in [0.15, 0.2) is 4.52 Å². The SMILES string of the molecule is CCC(NC(=O)N1C[C@@H](C(F)(F)F)[C@H](C(=O)O)C1)c1c(C)noc1C. The highest BCUT2D eigenvalue weighted by Gasteiger charge is 2.53. The molecule has 2 rings (SSSR count). The number of carboxylic acids is 1. The second-order valence-electron chi connectivity index (χ2n) is 6.15. The number of nitrogens with one attached hydrogen (secondary N) is 1. The first-order chi connectivity index (χ1) is 11.6. The van der Waals surface area contributed by atoms with Crippen LogP contribution in [0.1, 0.15) is 36.4 Å². The van der Waals surface area contributed by atoms with Gasteiger partial charge in [0, 0.05) is 18.7 Å². The molecule has 1 aliphatic heterocycles. The molecule has 2 heterocycles. The summed E-state index contributed by atoms with van der Waals surface area (Å²) < 4.78 is 44.1. The molecular weight excluding hydrogens is 343 g/mol. The molecular formula is C15H20F3N3O4. The van der Waals surface area contributed by atoms with Gasteiger partial charge in [-0.2, -0.15) is 13.2 Å². The van der Waals surface area contributed by atoms with Crippen LogP contribution < -0.4 is 5.32 Å². The Morgan fingerprint density at radius 2 is 2.04 bits per heavy atom. The van der Waals surface area contributed by atoms with Gasteiger partial charge in [-0.05, 0) is 20.3 Å². The molecule has 7 nitrogen and oxygen atoms in total. The Kier molecular flexibility index (Phi) is 5.28. The molecule has 1 aliphatic rings. The number of alkyl halides is 3. The van der Waals surface area contributed by atoms with Crippen molar-refractivity contribution in [2.75, 3.05) is 13.1 Å². The van der Waals surface area contributed by atoms with Gasteiger partial charge in [0.1, 0.15) is 5.76 Å². The van der Waals surface area contributed by atoms with E-state index in [1.807, 2.05) is 0 Å². The number of hydrogen-bond acceptors (Lipinski definition) is 4. The summed E-state index contributed by atoms with van der Waals surface area (Å²) in [4.78, 5) is 24.4. The normalized spacial score (nSPS) is 22.1. The fourth-order valence-electron chi connectivity index (χ4n) is 3.16. The first-order valence-electron chi connectivity index (χ1n) is 7.84. The second-order valence-corrected chi connectivity index (χ2v) is 6.15. The number of aryl methyl sites for hydroxylation is 2. The molecule has 0 saturated carbocycles. The number of rotatable bonds is 4. The van der Waals surface area contributed by atoms with Crippen LogP contribution in [0.2, 0.25) is 0 Å². The van der Waals surface area contributed by atoms with Crippen molar-refractivity contribution in [1.82, 2.24) is 15.4 Å². The van der Waals surface area contributed by atoms with E-state index in [1.54, 1.807) is 20.8 Å². The summed E-state index contributed by atoms with van der Waals surface area (Å²) in [7, 11) is 0. The molecule has 10 heteroatoms. The molecule has 1 aromatic rings. The van der Waals surface area contributed by atoms with Gasteiger partial charge in [-0.3, -0.25) is 4.79 Å². The molecule has 1 unspecified atom stereocenters. The zero-order valence-electron chi connectivity index (χ0n) is 14.1. The molecule has 0 aromatic carbocycles. The number of amides is 2. The van der Waals surface area contributed by atoms with Crippen molar-refractivity contribution in [3.05, 3.63) is 17.0 Å². The lowest BCUT2D eigenvalue weighted by Gasteiger charge is -2.23.